The van der Waals surface area contributed by atoms with Crippen LogP contribution in [-0.2, 0) is 6.54 Å². The molecule has 0 aliphatic carbocycles. The van der Waals surface area contributed by atoms with Crippen LogP contribution in [0.5, 0.6) is 0 Å². The van der Waals surface area contributed by atoms with Crippen molar-refractivity contribution in [3.8, 4) is 0 Å². The van der Waals surface area contributed by atoms with Gasteiger partial charge < -0.3 is 15.7 Å². The third-order valence-corrected chi connectivity index (χ3v) is 2.65. The van der Waals surface area contributed by atoms with Crippen molar-refractivity contribution in [2.45, 2.75) is 6.54 Å². The van der Waals surface area contributed by atoms with Crippen molar-refractivity contribution in [2.24, 2.45) is 0 Å². The lowest BCUT2D eigenvalue weighted by atomic mass is 10.2. The van der Waals surface area contributed by atoms with Gasteiger partial charge >= 0.3 is 0 Å². The predicted molar refractivity (Wildman–Crippen MR) is 73.8 cm³/mol. The minimum absolute atomic E-state index is 0.0178. The van der Waals surface area contributed by atoms with Crippen LogP contribution in [-0.4, -0.2) is 33.2 Å². The number of nitrogen functional groups attached to an aromatic ring is 1. The molecule has 100 valence electrons. The molecule has 19 heavy (non-hydrogen) atoms. The van der Waals surface area contributed by atoms with Crippen LogP contribution < -0.4 is 10.6 Å². The smallest absolute Gasteiger partial charge is 0.231 e. The Kier molecular flexibility index (Phi) is 4.48. The molecule has 7 heteroatoms. The van der Waals surface area contributed by atoms with E-state index in [4.69, 9.17) is 22.4 Å². The standard InChI is InChI=1S/C12H14ClN5O/c13-10-15-11(14)17-12(16-10)18(6-7-19)8-9-4-2-1-3-5-9/h1-5,19H,6-8H2,(H2,14,15,16,17). The van der Waals surface area contributed by atoms with Crippen LogP contribution in [0, 0.1) is 0 Å². The molecule has 2 rings (SSSR count). The molecule has 1 aromatic carbocycles. The van der Waals surface area contributed by atoms with Gasteiger partial charge in [0, 0.05) is 13.1 Å². The van der Waals surface area contributed by atoms with Gasteiger partial charge in [0.15, 0.2) is 0 Å². The molecule has 3 N–H and O–H groups in total. The molecule has 0 atom stereocenters. The Balaban J connectivity index is 2.24. The zero-order valence-corrected chi connectivity index (χ0v) is 11.0. The van der Waals surface area contributed by atoms with E-state index in [1.807, 2.05) is 30.3 Å². The van der Waals surface area contributed by atoms with Gasteiger partial charge in [0.25, 0.3) is 0 Å². The maximum Gasteiger partial charge on any atom is 0.231 e. The van der Waals surface area contributed by atoms with E-state index in [-0.39, 0.29) is 17.8 Å². The Morgan fingerprint density at radius 3 is 2.53 bits per heavy atom. The lowest BCUT2D eigenvalue weighted by Gasteiger charge is -2.21. The second-order valence-electron chi connectivity index (χ2n) is 3.89. The highest BCUT2D eigenvalue weighted by Gasteiger charge is 2.12. The summed E-state index contributed by atoms with van der Waals surface area (Å²) in [6, 6.07) is 9.80. The predicted octanol–water partition coefficient (Wildman–Crippen LogP) is 1.11. The lowest BCUT2D eigenvalue weighted by molar-refractivity contribution is 0.300. The van der Waals surface area contributed by atoms with Crippen LogP contribution in [0.1, 0.15) is 5.56 Å². The monoisotopic (exact) mass is 279 g/mol. The number of nitrogens with zero attached hydrogens (tertiary/aromatic N) is 4. The third kappa shape index (κ3) is 3.77. The van der Waals surface area contributed by atoms with Gasteiger partial charge in [-0.3, -0.25) is 0 Å². The Labute approximate surface area is 115 Å². The molecule has 0 radical (unpaired) electrons. The number of aromatic nitrogens is 3. The molecular formula is C12H14ClN5O. The zero-order valence-electron chi connectivity index (χ0n) is 10.2. The molecule has 0 spiro atoms. The van der Waals surface area contributed by atoms with Gasteiger partial charge in [-0.15, -0.1) is 0 Å². The number of hydrogen-bond acceptors (Lipinski definition) is 6. The number of hydrogen-bond donors (Lipinski definition) is 2. The van der Waals surface area contributed by atoms with E-state index < -0.39 is 0 Å². The molecule has 1 aromatic heterocycles. The van der Waals surface area contributed by atoms with Gasteiger partial charge in [-0.25, -0.2) is 0 Å². The largest absolute Gasteiger partial charge is 0.395 e. The number of aliphatic hydroxyl groups is 1. The number of rotatable bonds is 5. The topological polar surface area (TPSA) is 88.2 Å². The van der Waals surface area contributed by atoms with Crippen LogP contribution in [0.2, 0.25) is 5.28 Å². The highest BCUT2D eigenvalue weighted by atomic mass is 35.5. The average Bonchev–Trinajstić information content (AvgIpc) is 2.38. The summed E-state index contributed by atoms with van der Waals surface area (Å²) >= 11 is 5.77. The van der Waals surface area contributed by atoms with Gasteiger partial charge in [-0.1, -0.05) is 30.3 Å². The van der Waals surface area contributed by atoms with Crippen molar-refractivity contribution in [3.63, 3.8) is 0 Å². The van der Waals surface area contributed by atoms with E-state index in [2.05, 4.69) is 15.0 Å². The fourth-order valence-electron chi connectivity index (χ4n) is 1.67. The van der Waals surface area contributed by atoms with Crippen molar-refractivity contribution in [2.75, 3.05) is 23.8 Å². The van der Waals surface area contributed by atoms with Crippen LogP contribution in [0.4, 0.5) is 11.9 Å². The van der Waals surface area contributed by atoms with E-state index >= 15 is 0 Å². The molecule has 0 amide bonds. The maximum atomic E-state index is 9.14. The van der Waals surface area contributed by atoms with Crippen molar-refractivity contribution in [1.82, 2.24) is 15.0 Å². The van der Waals surface area contributed by atoms with Gasteiger partial charge in [-0.2, -0.15) is 15.0 Å². The quantitative estimate of drug-likeness (QED) is 0.852. The van der Waals surface area contributed by atoms with E-state index in [0.29, 0.717) is 19.0 Å². The van der Waals surface area contributed by atoms with E-state index in [9.17, 15) is 0 Å². The summed E-state index contributed by atoms with van der Waals surface area (Å²) < 4.78 is 0. The highest BCUT2D eigenvalue weighted by Crippen LogP contribution is 2.15. The van der Waals surface area contributed by atoms with Crippen LogP contribution in [0.15, 0.2) is 30.3 Å². The second-order valence-corrected chi connectivity index (χ2v) is 4.23. The van der Waals surface area contributed by atoms with Crippen molar-refractivity contribution < 1.29 is 5.11 Å². The molecule has 0 saturated carbocycles. The van der Waals surface area contributed by atoms with Crippen molar-refractivity contribution in [1.29, 1.82) is 0 Å². The number of halogens is 1. The Morgan fingerprint density at radius 1 is 1.16 bits per heavy atom. The zero-order chi connectivity index (χ0) is 13.7. The van der Waals surface area contributed by atoms with Crippen molar-refractivity contribution >= 4 is 23.5 Å². The number of nitrogens with two attached hydrogens (primary N) is 1. The van der Waals surface area contributed by atoms with Gasteiger partial charge in [0.05, 0.1) is 6.61 Å². The number of anilines is 2. The van der Waals surface area contributed by atoms with Gasteiger partial charge in [0.2, 0.25) is 17.2 Å². The first-order valence-corrected chi connectivity index (χ1v) is 6.13. The Morgan fingerprint density at radius 2 is 1.89 bits per heavy atom. The minimum Gasteiger partial charge on any atom is -0.395 e. The first kappa shape index (κ1) is 13.5. The van der Waals surface area contributed by atoms with Crippen LogP contribution in [0.25, 0.3) is 0 Å². The van der Waals surface area contributed by atoms with Crippen LogP contribution >= 0.6 is 11.6 Å². The first-order valence-electron chi connectivity index (χ1n) is 5.76. The summed E-state index contributed by atoms with van der Waals surface area (Å²) in [5, 5.41) is 9.18. The summed E-state index contributed by atoms with van der Waals surface area (Å²) in [5.74, 6) is 0.418. The Hall–Kier alpha value is -1.92. The summed E-state index contributed by atoms with van der Waals surface area (Å²) in [6.45, 7) is 0.923. The third-order valence-electron chi connectivity index (χ3n) is 2.48. The molecule has 0 bridgehead atoms. The van der Waals surface area contributed by atoms with E-state index in [1.165, 1.54) is 0 Å². The van der Waals surface area contributed by atoms with Crippen molar-refractivity contribution in [3.05, 3.63) is 41.2 Å². The van der Waals surface area contributed by atoms with E-state index in [1.54, 1.807) is 4.90 Å². The molecule has 0 unspecified atom stereocenters. The summed E-state index contributed by atoms with van der Waals surface area (Å²) in [7, 11) is 0. The van der Waals surface area contributed by atoms with E-state index in [0.717, 1.165) is 5.56 Å². The maximum absolute atomic E-state index is 9.14. The fourth-order valence-corrected chi connectivity index (χ4v) is 1.83. The summed E-state index contributed by atoms with van der Waals surface area (Å²) in [5.41, 5.74) is 6.63. The summed E-state index contributed by atoms with van der Waals surface area (Å²) in [6.07, 6.45) is 0. The SMILES string of the molecule is Nc1nc(Cl)nc(N(CCO)Cc2ccccc2)n1. The number of benzene rings is 1. The van der Waals surface area contributed by atoms with Crippen LogP contribution in [0.3, 0.4) is 0 Å². The molecular weight excluding hydrogens is 266 g/mol. The molecule has 6 nitrogen and oxygen atoms in total. The fraction of sp³-hybridized carbons (Fsp3) is 0.250. The van der Waals surface area contributed by atoms with Gasteiger partial charge in [-0.05, 0) is 17.2 Å². The normalized spacial score (nSPS) is 10.4. The second kappa shape index (κ2) is 6.31. The summed E-state index contributed by atoms with van der Waals surface area (Å²) in [4.78, 5) is 13.6. The molecule has 0 aliphatic heterocycles. The molecule has 2 aromatic rings. The molecule has 0 saturated heterocycles. The molecule has 1 heterocycles. The first-order chi connectivity index (χ1) is 9.19. The highest BCUT2D eigenvalue weighted by molar-refractivity contribution is 6.28. The molecule has 0 aliphatic rings. The molecule has 0 fully saturated rings. The Bertz CT molecular complexity index is 517. The number of aliphatic hydroxyl groups excluding tert-OH is 1. The van der Waals surface area contributed by atoms with Gasteiger partial charge in [0.1, 0.15) is 0 Å². The lowest BCUT2D eigenvalue weighted by Crippen LogP contribution is -2.28. The minimum atomic E-state index is -0.0178. The average molecular weight is 280 g/mol.